The van der Waals surface area contributed by atoms with Crippen molar-refractivity contribution in [2.45, 2.75) is 202 Å². The molecule has 19 nitrogen and oxygen atoms in total. The van der Waals surface area contributed by atoms with Gasteiger partial charge in [-0.3, -0.25) is 4.79 Å². The average Bonchev–Trinajstić information content (AvgIpc) is 3.22. The molecule has 1 amide bonds. The molecule has 3 saturated heterocycles. The second kappa shape index (κ2) is 26.8. The fraction of sp³-hybridized carbons (Fsp3) is 0.923. The van der Waals surface area contributed by atoms with Crippen LogP contribution in [-0.4, -0.2) is 193 Å². The molecule has 19 heteroatoms. The summed E-state index contributed by atoms with van der Waals surface area (Å²) in [5, 5.41) is 118. The Morgan fingerprint density at radius 2 is 1.05 bits per heavy atom. The van der Waals surface area contributed by atoms with E-state index in [9.17, 15) is 61.0 Å². The highest BCUT2D eigenvalue weighted by atomic mass is 16.8. The second-order valence-electron chi connectivity index (χ2n) is 15.4. The number of unbranched alkanes of at least 4 members (excludes halogenated alkanes) is 11. The number of ether oxygens (including phenoxy) is 6. The van der Waals surface area contributed by atoms with Crippen molar-refractivity contribution >= 4 is 5.91 Å². The zero-order valence-electron chi connectivity index (χ0n) is 33.8. The first-order valence-electron chi connectivity index (χ1n) is 20.9. The molecule has 0 aromatic carbocycles. The van der Waals surface area contributed by atoms with Crippen LogP contribution < -0.4 is 5.32 Å². The van der Waals surface area contributed by atoms with Gasteiger partial charge in [0.05, 0.1) is 38.6 Å². The third-order valence-electron chi connectivity index (χ3n) is 10.9. The summed E-state index contributed by atoms with van der Waals surface area (Å²) in [6, 6.07) is -0.962. The van der Waals surface area contributed by atoms with Gasteiger partial charge >= 0.3 is 0 Å². The number of nitrogens with one attached hydrogen (secondary N) is 1. The van der Waals surface area contributed by atoms with Crippen molar-refractivity contribution in [2.75, 3.05) is 26.4 Å². The number of hydrogen-bond donors (Lipinski definition) is 12. The normalized spacial score (nSPS) is 36.9. The van der Waals surface area contributed by atoms with E-state index in [-0.39, 0.29) is 18.9 Å². The minimum atomic E-state index is -1.97. The predicted octanol–water partition coefficient (Wildman–Crippen LogP) is -2.04. The highest BCUT2D eigenvalue weighted by Crippen LogP contribution is 2.32. The van der Waals surface area contributed by atoms with Gasteiger partial charge in [0.2, 0.25) is 5.91 Å². The molecule has 3 aliphatic heterocycles. The van der Waals surface area contributed by atoms with Gasteiger partial charge in [-0.2, -0.15) is 0 Å². The Bertz CT molecular complexity index is 1150. The standard InChI is InChI=1S/C39H71NO18/c1-3-5-6-7-8-9-10-11-12-13-14-15-16-17-23(44)22(40-27(45)4-2)21-53-37-33(51)30(48)35(25(19-42)55-37)58-39-34(52)31(49)36(26(20-43)56-39)57-38-32(50)29(47)28(46)24(18-41)54-38/h16-17,22-26,28-39,41-44,46-52H,3-15,18-21H2,1-2H3,(H,40,45)/b17-16+/t22-,23+,24?,25?,26?,28-,29-,30+,31+,32?,33?,34?,35+,36-,37+,38+,39-/m0/s1. The average molecular weight is 842 g/mol. The van der Waals surface area contributed by atoms with E-state index in [4.69, 9.17) is 28.4 Å². The Morgan fingerprint density at radius 1 is 0.603 bits per heavy atom. The smallest absolute Gasteiger partial charge is 0.220 e. The Balaban J connectivity index is 1.53. The van der Waals surface area contributed by atoms with Crippen LogP contribution in [0.2, 0.25) is 0 Å². The second-order valence-corrected chi connectivity index (χ2v) is 15.4. The van der Waals surface area contributed by atoms with Gasteiger partial charge in [-0.05, 0) is 12.8 Å². The van der Waals surface area contributed by atoms with Crippen LogP contribution in [0.1, 0.15) is 97.3 Å². The summed E-state index contributed by atoms with van der Waals surface area (Å²) in [6.07, 6.45) is -9.09. The summed E-state index contributed by atoms with van der Waals surface area (Å²) in [4.78, 5) is 12.3. The molecule has 12 N–H and O–H groups in total. The van der Waals surface area contributed by atoms with E-state index in [2.05, 4.69) is 12.2 Å². The molecule has 0 aliphatic carbocycles. The van der Waals surface area contributed by atoms with E-state index in [1.165, 1.54) is 51.4 Å². The topological polar surface area (TPSA) is 307 Å². The number of carbonyl (C=O) groups excluding carboxylic acids is 1. The first-order valence-corrected chi connectivity index (χ1v) is 20.9. The molecule has 0 radical (unpaired) electrons. The van der Waals surface area contributed by atoms with Crippen molar-refractivity contribution < 1.29 is 89.4 Å². The SMILES string of the molecule is CCCCCCCCCCCCC/C=C/[C@@H](O)[C@H](CO[C@@H]1OC(CO)[C@@H](O[C@@H]2OC(CO)[C@H](O[C@H]3OC(CO)[C@H](O)[C@H](O)C3O)[C@H](O)C2O)[C@H](O)C1O)NC(=O)CC. The number of carbonyl (C=O) groups is 1. The summed E-state index contributed by atoms with van der Waals surface area (Å²) in [5.74, 6) is -0.367. The van der Waals surface area contributed by atoms with Gasteiger partial charge in [-0.15, -0.1) is 0 Å². The first kappa shape index (κ1) is 50.9. The number of allylic oxidation sites excluding steroid dienone is 1. The van der Waals surface area contributed by atoms with Crippen molar-refractivity contribution in [3.8, 4) is 0 Å². The van der Waals surface area contributed by atoms with E-state index >= 15 is 0 Å². The van der Waals surface area contributed by atoms with Gasteiger partial charge in [-0.1, -0.05) is 90.2 Å². The van der Waals surface area contributed by atoms with Crippen LogP contribution in [-0.2, 0) is 33.2 Å². The fourth-order valence-corrected chi connectivity index (χ4v) is 7.21. The zero-order chi connectivity index (χ0) is 42.8. The van der Waals surface area contributed by atoms with Gasteiger partial charge in [0, 0.05) is 6.42 Å². The van der Waals surface area contributed by atoms with Crippen molar-refractivity contribution in [1.29, 1.82) is 0 Å². The Kier molecular flexibility index (Phi) is 23.5. The summed E-state index contributed by atoms with van der Waals surface area (Å²) in [5.41, 5.74) is 0. The molecule has 3 heterocycles. The molecule has 0 spiro atoms. The van der Waals surface area contributed by atoms with Crippen LogP contribution in [0.4, 0.5) is 0 Å². The Hall–Kier alpha value is -1.47. The molecule has 3 fully saturated rings. The Morgan fingerprint density at radius 3 is 1.55 bits per heavy atom. The molecule has 340 valence electrons. The molecule has 3 rings (SSSR count). The van der Waals surface area contributed by atoms with Crippen molar-refractivity contribution in [2.24, 2.45) is 0 Å². The maximum atomic E-state index is 12.3. The lowest BCUT2D eigenvalue weighted by Gasteiger charge is -2.48. The fourth-order valence-electron chi connectivity index (χ4n) is 7.21. The quantitative estimate of drug-likeness (QED) is 0.0330. The van der Waals surface area contributed by atoms with E-state index in [0.29, 0.717) is 0 Å². The molecular weight excluding hydrogens is 770 g/mol. The number of rotatable bonds is 26. The van der Waals surface area contributed by atoms with Crippen LogP contribution in [0.3, 0.4) is 0 Å². The van der Waals surface area contributed by atoms with Gasteiger partial charge in [-0.25, -0.2) is 0 Å². The van der Waals surface area contributed by atoms with Crippen LogP contribution in [0.5, 0.6) is 0 Å². The number of amides is 1. The van der Waals surface area contributed by atoms with Crippen molar-refractivity contribution in [3.63, 3.8) is 0 Å². The lowest BCUT2D eigenvalue weighted by molar-refractivity contribution is -0.379. The predicted molar refractivity (Wildman–Crippen MR) is 203 cm³/mol. The van der Waals surface area contributed by atoms with E-state index in [0.717, 1.165) is 25.7 Å². The molecule has 3 aliphatic rings. The van der Waals surface area contributed by atoms with E-state index in [1.54, 1.807) is 13.0 Å². The summed E-state index contributed by atoms with van der Waals surface area (Å²) >= 11 is 0. The van der Waals surface area contributed by atoms with Crippen LogP contribution in [0.15, 0.2) is 12.2 Å². The lowest BCUT2D eigenvalue weighted by atomic mass is 9.96. The molecule has 0 aromatic heterocycles. The van der Waals surface area contributed by atoms with Gasteiger partial charge in [0.1, 0.15) is 73.2 Å². The van der Waals surface area contributed by atoms with Gasteiger partial charge in [0.15, 0.2) is 18.9 Å². The number of aliphatic hydroxyl groups excluding tert-OH is 11. The third kappa shape index (κ3) is 14.9. The van der Waals surface area contributed by atoms with Crippen LogP contribution >= 0.6 is 0 Å². The van der Waals surface area contributed by atoms with E-state index in [1.807, 2.05) is 6.08 Å². The van der Waals surface area contributed by atoms with Crippen molar-refractivity contribution in [3.05, 3.63) is 12.2 Å². The zero-order valence-corrected chi connectivity index (χ0v) is 33.8. The molecular formula is C39H71NO18. The minimum absolute atomic E-state index is 0.125. The Labute approximate surface area is 340 Å². The highest BCUT2D eigenvalue weighted by molar-refractivity contribution is 5.75. The molecule has 0 aromatic rings. The van der Waals surface area contributed by atoms with Gasteiger partial charge < -0.3 is 89.9 Å². The van der Waals surface area contributed by atoms with Gasteiger partial charge in [0.25, 0.3) is 0 Å². The summed E-state index contributed by atoms with van der Waals surface area (Å²) < 4.78 is 33.6. The number of aliphatic hydroxyl groups is 11. The minimum Gasteiger partial charge on any atom is -0.394 e. The molecule has 6 unspecified atom stereocenters. The summed E-state index contributed by atoms with van der Waals surface area (Å²) in [6.45, 7) is 1.08. The third-order valence-corrected chi connectivity index (χ3v) is 10.9. The van der Waals surface area contributed by atoms with E-state index < -0.39 is 124 Å². The first-order chi connectivity index (χ1) is 27.8. The monoisotopic (exact) mass is 841 g/mol. The lowest BCUT2D eigenvalue weighted by Crippen LogP contribution is -2.66. The maximum absolute atomic E-state index is 12.3. The maximum Gasteiger partial charge on any atom is 0.220 e. The molecule has 0 saturated carbocycles. The van der Waals surface area contributed by atoms with Crippen molar-refractivity contribution in [1.82, 2.24) is 5.32 Å². The van der Waals surface area contributed by atoms with Crippen LogP contribution in [0, 0.1) is 0 Å². The van der Waals surface area contributed by atoms with Crippen LogP contribution in [0.25, 0.3) is 0 Å². The molecule has 58 heavy (non-hydrogen) atoms. The molecule has 17 atom stereocenters. The summed E-state index contributed by atoms with van der Waals surface area (Å²) in [7, 11) is 0. The molecule has 0 bridgehead atoms. The largest absolute Gasteiger partial charge is 0.394 e. The number of hydrogen-bond acceptors (Lipinski definition) is 18. The highest BCUT2D eigenvalue weighted by Gasteiger charge is 2.53.